The Labute approximate surface area is 83.8 Å². The average Bonchev–Trinajstić information content (AvgIpc) is 2.15. The molecule has 0 fully saturated rings. The molecular weight excluding hydrogens is 176 g/mol. The molecule has 1 aromatic rings. The third-order valence-electron chi connectivity index (χ3n) is 1.85. The Morgan fingerprint density at radius 3 is 2.29 bits per heavy atom. The highest BCUT2D eigenvalue weighted by atomic mass is 16.2. The summed E-state index contributed by atoms with van der Waals surface area (Å²) in [5.41, 5.74) is 5.44. The summed E-state index contributed by atoms with van der Waals surface area (Å²) in [5.74, 6) is -0.156. The molecule has 0 atom stereocenters. The molecular formula is C11H14N2O. The van der Waals surface area contributed by atoms with Crippen molar-refractivity contribution in [3.8, 4) is 0 Å². The number of hydrazone groups is 1. The highest BCUT2D eigenvalue weighted by Gasteiger charge is 1.96. The number of hydrogen-bond acceptors (Lipinski definition) is 2. The number of carbonyl (C=O) groups excluding carboxylic acids is 1. The van der Waals surface area contributed by atoms with Gasteiger partial charge < -0.3 is 0 Å². The highest BCUT2D eigenvalue weighted by molar-refractivity contribution is 5.99. The van der Waals surface area contributed by atoms with Crippen molar-refractivity contribution in [2.45, 2.75) is 20.8 Å². The maximum Gasteiger partial charge on any atom is 0.236 e. The Kier molecular flexibility index (Phi) is 3.40. The number of nitrogens with zero attached hydrogens (tertiary/aromatic N) is 1. The van der Waals surface area contributed by atoms with Crippen molar-refractivity contribution in [1.82, 2.24) is 5.43 Å². The Hall–Kier alpha value is -1.64. The topological polar surface area (TPSA) is 41.5 Å². The number of aryl methyl sites for hydroxylation is 1. The van der Waals surface area contributed by atoms with Crippen LogP contribution < -0.4 is 5.43 Å². The van der Waals surface area contributed by atoms with Crippen LogP contribution in [0.25, 0.3) is 0 Å². The van der Waals surface area contributed by atoms with Gasteiger partial charge in [-0.2, -0.15) is 5.10 Å². The monoisotopic (exact) mass is 190 g/mol. The van der Waals surface area contributed by atoms with E-state index in [1.54, 1.807) is 0 Å². The number of rotatable bonds is 2. The summed E-state index contributed by atoms with van der Waals surface area (Å²) in [6.45, 7) is 5.33. The van der Waals surface area contributed by atoms with E-state index in [-0.39, 0.29) is 5.91 Å². The molecule has 1 aromatic carbocycles. The molecule has 0 unspecified atom stereocenters. The molecule has 0 aliphatic rings. The molecule has 0 aromatic heterocycles. The fourth-order valence-corrected chi connectivity index (χ4v) is 1.02. The lowest BCUT2D eigenvalue weighted by atomic mass is 10.1. The summed E-state index contributed by atoms with van der Waals surface area (Å²) in [6, 6.07) is 8.00. The third kappa shape index (κ3) is 3.01. The number of benzene rings is 1. The molecule has 0 bridgehead atoms. The van der Waals surface area contributed by atoms with Gasteiger partial charge in [0.1, 0.15) is 0 Å². The van der Waals surface area contributed by atoms with Crippen molar-refractivity contribution in [3.63, 3.8) is 0 Å². The molecule has 14 heavy (non-hydrogen) atoms. The summed E-state index contributed by atoms with van der Waals surface area (Å²) < 4.78 is 0. The van der Waals surface area contributed by atoms with Crippen molar-refractivity contribution in [2.75, 3.05) is 0 Å². The van der Waals surface area contributed by atoms with Crippen LogP contribution >= 0.6 is 0 Å². The van der Waals surface area contributed by atoms with Gasteiger partial charge >= 0.3 is 0 Å². The zero-order chi connectivity index (χ0) is 10.6. The van der Waals surface area contributed by atoms with Gasteiger partial charge in [0.15, 0.2) is 0 Å². The Balaban J connectivity index is 2.78. The lowest BCUT2D eigenvalue weighted by molar-refractivity contribution is -0.118. The SMILES string of the molecule is CC(=O)N/N=C(/C)c1ccc(C)cc1. The second kappa shape index (κ2) is 4.56. The van der Waals surface area contributed by atoms with Crippen LogP contribution in [0.5, 0.6) is 0 Å². The zero-order valence-electron chi connectivity index (χ0n) is 8.66. The predicted molar refractivity (Wildman–Crippen MR) is 57.2 cm³/mol. The fraction of sp³-hybridized carbons (Fsp3) is 0.273. The fourth-order valence-electron chi connectivity index (χ4n) is 1.02. The van der Waals surface area contributed by atoms with E-state index < -0.39 is 0 Å². The molecule has 0 saturated heterocycles. The normalized spacial score (nSPS) is 11.2. The average molecular weight is 190 g/mol. The first kappa shape index (κ1) is 10.4. The van der Waals surface area contributed by atoms with Crippen molar-refractivity contribution in [1.29, 1.82) is 0 Å². The van der Waals surface area contributed by atoms with Crippen molar-refractivity contribution < 1.29 is 4.79 Å². The number of amides is 1. The molecule has 74 valence electrons. The Morgan fingerprint density at radius 1 is 1.21 bits per heavy atom. The van der Waals surface area contributed by atoms with Crippen molar-refractivity contribution in [2.24, 2.45) is 5.10 Å². The minimum Gasteiger partial charge on any atom is -0.274 e. The van der Waals surface area contributed by atoms with Gasteiger partial charge in [-0.15, -0.1) is 0 Å². The van der Waals surface area contributed by atoms with Crippen molar-refractivity contribution >= 4 is 11.6 Å². The lowest BCUT2D eigenvalue weighted by Gasteiger charge is -2.01. The molecule has 0 radical (unpaired) electrons. The van der Waals surface area contributed by atoms with Gasteiger partial charge in [-0.1, -0.05) is 29.8 Å². The van der Waals surface area contributed by atoms with Crippen molar-refractivity contribution in [3.05, 3.63) is 35.4 Å². The first-order chi connectivity index (χ1) is 6.59. The van der Waals surface area contributed by atoms with E-state index in [9.17, 15) is 4.79 Å². The third-order valence-corrected chi connectivity index (χ3v) is 1.85. The quantitative estimate of drug-likeness (QED) is 0.561. The van der Waals surface area contributed by atoms with Crippen LogP contribution in [0.3, 0.4) is 0 Å². The molecule has 3 heteroatoms. The molecule has 0 heterocycles. The van der Waals surface area contributed by atoms with Crippen LogP contribution in [-0.4, -0.2) is 11.6 Å². The second-order valence-electron chi connectivity index (χ2n) is 3.23. The van der Waals surface area contributed by atoms with Gasteiger partial charge in [0.25, 0.3) is 0 Å². The van der Waals surface area contributed by atoms with Gasteiger partial charge in [-0.05, 0) is 19.4 Å². The van der Waals surface area contributed by atoms with E-state index in [0.29, 0.717) is 0 Å². The van der Waals surface area contributed by atoms with Crippen LogP contribution in [0.1, 0.15) is 25.0 Å². The first-order valence-corrected chi connectivity index (χ1v) is 4.47. The number of hydrogen-bond donors (Lipinski definition) is 1. The van der Waals surface area contributed by atoms with Gasteiger partial charge in [-0.25, -0.2) is 5.43 Å². The molecule has 3 nitrogen and oxygen atoms in total. The highest BCUT2D eigenvalue weighted by Crippen LogP contribution is 2.03. The second-order valence-corrected chi connectivity index (χ2v) is 3.23. The number of carbonyl (C=O) groups is 1. The predicted octanol–water partition coefficient (Wildman–Crippen LogP) is 1.86. The lowest BCUT2D eigenvalue weighted by Crippen LogP contribution is -2.14. The number of nitrogens with one attached hydrogen (secondary N) is 1. The largest absolute Gasteiger partial charge is 0.274 e. The van der Waals surface area contributed by atoms with Crippen LogP contribution in [0, 0.1) is 6.92 Å². The van der Waals surface area contributed by atoms with Gasteiger partial charge in [-0.3, -0.25) is 4.79 Å². The van der Waals surface area contributed by atoms with E-state index in [4.69, 9.17) is 0 Å². The summed E-state index contributed by atoms with van der Waals surface area (Å²) in [5, 5.41) is 3.94. The van der Waals surface area contributed by atoms with E-state index in [0.717, 1.165) is 11.3 Å². The summed E-state index contributed by atoms with van der Waals surface area (Å²) >= 11 is 0. The first-order valence-electron chi connectivity index (χ1n) is 4.47. The maximum atomic E-state index is 10.6. The van der Waals surface area contributed by atoms with Gasteiger partial charge in [0, 0.05) is 6.92 Å². The van der Waals surface area contributed by atoms with E-state index >= 15 is 0 Å². The summed E-state index contributed by atoms with van der Waals surface area (Å²) in [7, 11) is 0. The minimum absolute atomic E-state index is 0.156. The molecule has 1 N–H and O–H groups in total. The molecule has 0 spiro atoms. The van der Waals surface area contributed by atoms with Gasteiger partial charge in [0.2, 0.25) is 5.91 Å². The summed E-state index contributed by atoms with van der Waals surface area (Å²) in [4.78, 5) is 10.6. The van der Waals surface area contributed by atoms with Gasteiger partial charge in [0.05, 0.1) is 5.71 Å². The Morgan fingerprint density at radius 2 is 1.79 bits per heavy atom. The Bertz CT molecular complexity index is 352. The molecule has 0 aliphatic heterocycles. The van der Waals surface area contributed by atoms with E-state index in [1.165, 1.54) is 12.5 Å². The zero-order valence-corrected chi connectivity index (χ0v) is 8.66. The summed E-state index contributed by atoms with van der Waals surface area (Å²) in [6.07, 6.45) is 0. The molecule has 0 aliphatic carbocycles. The van der Waals surface area contributed by atoms with Crippen LogP contribution in [0.15, 0.2) is 29.4 Å². The molecule has 1 amide bonds. The smallest absolute Gasteiger partial charge is 0.236 e. The maximum absolute atomic E-state index is 10.6. The standard InChI is InChI=1S/C11H14N2O/c1-8-4-6-11(7-5-8)9(2)12-13-10(3)14/h4-7H,1-3H3,(H,13,14)/b12-9-. The van der Waals surface area contributed by atoms with Crippen LogP contribution in [-0.2, 0) is 4.79 Å². The minimum atomic E-state index is -0.156. The van der Waals surface area contributed by atoms with E-state index in [1.807, 2.05) is 38.1 Å². The van der Waals surface area contributed by atoms with Crippen LogP contribution in [0.2, 0.25) is 0 Å². The molecule has 0 saturated carbocycles. The van der Waals surface area contributed by atoms with Crippen LogP contribution in [0.4, 0.5) is 0 Å². The molecule has 1 rings (SSSR count). The van der Waals surface area contributed by atoms with E-state index in [2.05, 4.69) is 10.5 Å².